The van der Waals surface area contributed by atoms with Crippen LogP contribution in [0.4, 0.5) is 0 Å². The molecule has 0 saturated heterocycles. The highest BCUT2D eigenvalue weighted by molar-refractivity contribution is 5.81. The number of hydrogen-bond acceptors (Lipinski definition) is 5. The van der Waals surface area contributed by atoms with Gasteiger partial charge in [-0.3, -0.25) is 5.10 Å². The first-order chi connectivity index (χ1) is 13.7. The third-order valence-corrected chi connectivity index (χ3v) is 5.68. The summed E-state index contributed by atoms with van der Waals surface area (Å²) < 4.78 is 6.17. The lowest BCUT2D eigenvalue weighted by atomic mass is 9.95. The highest BCUT2D eigenvalue weighted by atomic mass is 16.5. The van der Waals surface area contributed by atoms with Crippen LogP contribution in [0, 0.1) is 11.3 Å². The van der Waals surface area contributed by atoms with Gasteiger partial charge in [-0.25, -0.2) is 4.98 Å². The van der Waals surface area contributed by atoms with Crippen molar-refractivity contribution in [2.45, 2.75) is 44.3 Å². The van der Waals surface area contributed by atoms with Crippen molar-refractivity contribution in [1.82, 2.24) is 15.2 Å². The summed E-state index contributed by atoms with van der Waals surface area (Å²) in [5.41, 5.74) is 6.76. The molecular weight excluding hydrogens is 352 g/mol. The minimum atomic E-state index is -0.174. The molecule has 5 rings (SSSR count). The molecule has 2 aliphatic carbocycles. The van der Waals surface area contributed by atoms with Gasteiger partial charge in [0.1, 0.15) is 17.5 Å². The lowest BCUT2D eigenvalue weighted by Gasteiger charge is -2.26. The standard InChI is InChI=1S/C22H20N4O2/c23-11-15-2-1-13(12-24-15)21-20-10-14-9-18(7-8-19(14)22(20)26-25-21)28-17-5-3-16(27)4-6-17/h1-2,7-9,12,16-17,27H,3-6,10H2,(H,25,26). The van der Waals surface area contributed by atoms with Gasteiger partial charge in [-0.1, -0.05) is 0 Å². The zero-order valence-corrected chi connectivity index (χ0v) is 15.4. The minimum Gasteiger partial charge on any atom is -0.490 e. The van der Waals surface area contributed by atoms with E-state index in [0.29, 0.717) is 5.69 Å². The van der Waals surface area contributed by atoms with Gasteiger partial charge in [0.05, 0.1) is 23.6 Å². The van der Waals surface area contributed by atoms with Gasteiger partial charge < -0.3 is 9.84 Å². The number of benzene rings is 1. The zero-order valence-electron chi connectivity index (χ0n) is 15.4. The SMILES string of the molecule is N#Cc1ccc(-c2n[nH]c3c2Cc2cc(OC4CCC(O)CC4)ccc2-3)cn1. The molecule has 0 amide bonds. The topological polar surface area (TPSA) is 94.8 Å². The van der Waals surface area contributed by atoms with Gasteiger partial charge in [0.25, 0.3) is 0 Å². The Hall–Kier alpha value is -3.17. The average Bonchev–Trinajstić information content (AvgIpc) is 3.28. The first-order valence-corrected chi connectivity index (χ1v) is 9.63. The van der Waals surface area contributed by atoms with E-state index in [9.17, 15) is 5.11 Å². The summed E-state index contributed by atoms with van der Waals surface area (Å²) in [7, 11) is 0. The molecule has 1 fully saturated rings. The van der Waals surface area contributed by atoms with Crippen LogP contribution in [0.5, 0.6) is 5.75 Å². The molecule has 3 aromatic rings. The summed E-state index contributed by atoms with van der Waals surface area (Å²) in [5, 5.41) is 26.2. The van der Waals surface area contributed by atoms with Crippen molar-refractivity contribution in [3.63, 3.8) is 0 Å². The second-order valence-electron chi connectivity index (χ2n) is 7.51. The Morgan fingerprint density at radius 1 is 1.14 bits per heavy atom. The third kappa shape index (κ3) is 2.94. The Morgan fingerprint density at radius 2 is 2.00 bits per heavy atom. The molecule has 2 aromatic heterocycles. The van der Waals surface area contributed by atoms with Gasteiger partial charge in [-0.05, 0) is 61.6 Å². The largest absolute Gasteiger partial charge is 0.490 e. The van der Waals surface area contributed by atoms with Crippen LogP contribution in [-0.4, -0.2) is 32.5 Å². The third-order valence-electron chi connectivity index (χ3n) is 5.68. The fourth-order valence-electron chi connectivity index (χ4n) is 4.18. The monoisotopic (exact) mass is 372 g/mol. The number of pyridine rings is 1. The van der Waals surface area contributed by atoms with Crippen molar-refractivity contribution < 1.29 is 9.84 Å². The predicted molar refractivity (Wildman–Crippen MR) is 104 cm³/mol. The summed E-state index contributed by atoms with van der Waals surface area (Å²) >= 11 is 0. The molecule has 0 spiro atoms. The highest BCUT2D eigenvalue weighted by Crippen LogP contribution is 2.41. The maximum atomic E-state index is 9.66. The Bertz CT molecular complexity index is 1060. The Kier molecular flexibility index (Phi) is 4.10. The lowest BCUT2D eigenvalue weighted by molar-refractivity contribution is 0.0665. The molecule has 140 valence electrons. The Balaban J connectivity index is 1.38. The molecule has 0 bridgehead atoms. The quantitative estimate of drug-likeness (QED) is 0.573. The number of H-pyrrole nitrogens is 1. The number of fused-ring (bicyclic) bond motifs is 3. The van der Waals surface area contributed by atoms with Crippen LogP contribution in [0.25, 0.3) is 22.5 Å². The molecule has 2 aliphatic rings. The molecule has 0 radical (unpaired) electrons. The van der Waals surface area contributed by atoms with E-state index >= 15 is 0 Å². The van der Waals surface area contributed by atoms with Gasteiger partial charge >= 0.3 is 0 Å². The first kappa shape index (κ1) is 17.0. The number of nitrogens with one attached hydrogen (secondary N) is 1. The number of ether oxygens (including phenoxy) is 1. The minimum absolute atomic E-state index is 0.174. The number of nitrogens with zero attached hydrogens (tertiary/aromatic N) is 3. The average molecular weight is 372 g/mol. The Morgan fingerprint density at radius 3 is 2.75 bits per heavy atom. The summed E-state index contributed by atoms with van der Waals surface area (Å²) in [6.07, 6.45) is 5.92. The van der Waals surface area contributed by atoms with Crippen molar-refractivity contribution in [1.29, 1.82) is 5.26 Å². The summed E-state index contributed by atoms with van der Waals surface area (Å²) in [6, 6.07) is 11.9. The first-order valence-electron chi connectivity index (χ1n) is 9.63. The molecular formula is C22H20N4O2. The van der Waals surface area contributed by atoms with Crippen molar-refractivity contribution in [3.8, 4) is 34.3 Å². The van der Waals surface area contributed by atoms with Crippen LogP contribution in [-0.2, 0) is 6.42 Å². The maximum Gasteiger partial charge on any atom is 0.140 e. The Labute approximate surface area is 162 Å². The summed E-state index contributed by atoms with van der Waals surface area (Å²) in [6.45, 7) is 0. The number of aromatic nitrogens is 3. The predicted octanol–water partition coefficient (Wildman–Crippen LogP) is 3.60. The smallest absolute Gasteiger partial charge is 0.140 e. The number of aliphatic hydroxyl groups is 1. The van der Waals surface area contributed by atoms with E-state index in [1.165, 1.54) is 5.56 Å². The van der Waals surface area contributed by atoms with E-state index in [0.717, 1.165) is 65.9 Å². The molecule has 2 heterocycles. The van der Waals surface area contributed by atoms with Gasteiger partial charge in [0.15, 0.2) is 0 Å². The van der Waals surface area contributed by atoms with E-state index in [1.807, 2.05) is 18.2 Å². The molecule has 1 saturated carbocycles. The van der Waals surface area contributed by atoms with E-state index in [2.05, 4.69) is 27.3 Å². The number of aromatic amines is 1. The van der Waals surface area contributed by atoms with Crippen LogP contribution >= 0.6 is 0 Å². The number of hydrogen-bond donors (Lipinski definition) is 2. The molecule has 0 atom stereocenters. The second-order valence-corrected chi connectivity index (χ2v) is 7.51. The van der Waals surface area contributed by atoms with Crippen LogP contribution < -0.4 is 4.74 Å². The molecule has 0 unspecified atom stereocenters. The van der Waals surface area contributed by atoms with Gasteiger partial charge in [-0.15, -0.1) is 0 Å². The lowest BCUT2D eigenvalue weighted by Crippen LogP contribution is -2.26. The van der Waals surface area contributed by atoms with E-state index in [1.54, 1.807) is 12.3 Å². The number of rotatable bonds is 3. The van der Waals surface area contributed by atoms with Crippen LogP contribution in [0.3, 0.4) is 0 Å². The van der Waals surface area contributed by atoms with E-state index in [-0.39, 0.29) is 12.2 Å². The maximum absolute atomic E-state index is 9.66. The van der Waals surface area contributed by atoms with Crippen molar-refractivity contribution in [2.24, 2.45) is 0 Å². The zero-order chi connectivity index (χ0) is 19.1. The van der Waals surface area contributed by atoms with Crippen molar-refractivity contribution >= 4 is 0 Å². The van der Waals surface area contributed by atoms with Crippen molar-refractivity contribution in [2.75, 3.05) is 0 Å². The van der Waals surface area contributed by atoms with Crippen molar-refractivity contribution in [3.05, 3.63) is 53.3 Å². The summed E-state index contributed by atoms with van der Waals surface area (Å²) in [5.74, 6) is 0.889. The van der Waals surface area contributed by atoms with Crippen LogP contribution in [0.15, 0.2) is 36.5 Å². The fraction of sp³-hybridized carbons (Fsp3) is 0.318. The van der Waals surface area contributed by atoms with E-state index < -0.39 is 0 Å². The van der Waals surface area contributed by atoms with Crippen LogP contribution in [0.2, 0.25) is 0 Å². The van der Waals surface area contributed by atoms with Gasteiger partial charge in [0, 0.05) is 29.3 Å². The van der Waals surface area contributed by atoms with Gasteiger partial charge in [0.2, 0.25) is 0 Å². The number of nitriles is 1. The number of aliphatic hydroxyl groups excluding tert-OH is 1. The van der Waals surface area contributed by atoms with Gasteiger partial charge in [-0.2, -0.15) is 10.4 Å². The second kappa shape index (κ2) is 6.77. The van der Waals surface area contributed by atoms with Crippen LogP contribution in [0.1, 0.15) is 42.5 Å². The summed E-state index contributed by atoms with van der Waals surface area (Å²) in [4.78, 5) is 4.16. The highest BCUT2D eigenvalue weighted by Gasteiger charge is 2.26. The fourth-order valence-corrected chi connectivity index (χ4v) is 4.18. The molecule has 0 aliphatic heterocycles. The van der Waals surface area contributed by atoms with E-state index in [4.69, 9.17) is 10.00 Å². The molecule has 2 N–H and O–H groups in total. The molecule has 28 heavy (non-hydrogen) atoms. The molecule has 1 aromatic carbocycles. The molecule has 6 heteroatoms. The normalized spacial score (nSPS) is 20.3. The molecule has 6 nitrogen and oxygen atoms in total.